The van der Waals surface area contributed by atoms with E-state index in [0.717, 1.165) is 25.6 Å². The summed E-state index contributed by atoms with van der Waals surface area (Å²) >= 11 is 0. The molecule has 0 saturated carbocycles. The zero-order valence-corrected chi connectivity index (χ0v) is 11.7. The molecule has 1 unspecified atom stereocenters. The molecular formula is C11H20N2O5S. The second-order valence-electron chi connectivity index (χ2n) is 4.86. The summed E-state index contributed by atoms with van der Waals surface area (Å²) < 4.78 is 22.1. The topological polar surface area (TPSA) is 113 Å². The van der Waals surface area contributed by atoms with E-state index >= 15 is 0 Å². The number of amides is 1. The maximum Gasteiger partial charge on any atom is 0.326 e. The van der Waals surface area contributed by atoms with Crippen LogP contribution in [0, 0.1) is 5.92 Å². The van der Waals surface area contributed by atoms with Gasteiger partial charge in [-0.2, -0.15) is 0 Å². The monoisotopic (exact) mass is 292 g/mol. The quantitative estimate of drug-likeness (QED) is 0.578. The molecule has 0 aromatic heterocycles. The van der Waals surface area contributed by atoms with Crippen molar-refractivity contribution >= 4 is 21.7 Å². The fraction of sp³-hybridized carbons (Fsp3) is 0.818. The largest absolute Gasteiger partial charge is 0.480 e. The lowest BCUT2D eigenvalue weighted by atomic mass is 9.98. The van der Waals surface area contributed by atoms with Crippen LogP contribution in [0.5, 0.6) is 0 Å². The molecule has 0 spiro atoms. The summed E-state index contributed by atoms with van der Waals surface area (Å²) in [6.45, 7) is 1.39. The smallest absolute Gasteiger partial charge is 0.326 e. The molecule has 3 N–H and O–H groups in total. The number of nitrogens with one attached hydrogen (secondary N) is 2. The molecule has 1 fully saturated rings. The molecule has 0 radical (unpaired) electrons. The summed E-state index contributed by atoms with van der Waals surface area (Å²) in [6.07, 6.45) is 2.52. The van der Waals surface area contributed by atoms with Crippen LogP contribution in [0.2, 0.25) is 0 Å². The summed E-state index contributed by atoms with van der Waals surface area (Å²) in [5.74, 6) is -2.03. The van der Waals surface area contributed by atoms with Crippen LogP contribution in [0.15, 0.2) is 0 Å². The third kappa shape index (κ3) is 6.02. The van der Waals surface area contributed by atoms with Gasteiger partial charge in [0.15, 0.2) is 0 Å². The summed E-state index contributed by atoms with van der Waals surface area (Å²) in [6, 6.07) is -1.15. The van der Waals surface area contributed by atoms with Crippen molar-refractivity contribution in [2.24, 2.45) is 5.92 Å². The lowest BCUT2D eigenvalue weighted by Gasteiger charge is -2.23. The highest BCUT2D eigenvalue weighted by molar-refractivity contribution is 7.90. The third-order valence-corrected chi connectivity index (χ3v) is 4.04. The van der Waals surface area contributed by atoms with Crippen LogP contribution in [-0.2, 0) is 19.4 Å². The van der Waals surface area contributed by atoms with Crippen molar-refractivity contribution in [3.63, 3.8) is 0 Å². The normalized spacial score (nSPS) is 21.6. The molecule has 2 atom stereocenters. The number of piperidine rings is 1. The molecule has 0 aliphatic carbocycles. The van der Waals surface area contributed by atoms with Crippen LogP contribution in [0.4, 0.5) is 0 Å². The number of aliphatic carboxylic acids is 1. The van der Waals surface area contributed by atoms with Gasteiger partial charge in [0.05, 0.1) is 11.7 Å². The number of carboxylic acid groups (broad SMARTS) is 1. The Kier molecular flexibility index (Phi) is 5.74. The maximum atomic E-state index is 11.9. The van der Waals surface area contributed by atoms with E-state index in [9.17, 15) is 18.0 Å². The van der Waals surface area contributed by atoms with Crippen LogP contribution in [0.25, 0.3) is 0 Å². The number of rotatable bonds is 6. The fourth-order valence-electron chi connectivity index (χ4n) is 1.95. The van der Waals surface area contributed by atoms with Crippen molar-refractivity contribution in [3.8, 4) is 0 Å². The van der Waals surface area contributed by atoms with Gasteiger partial charge in [0.1, 0.15) is 15.9 Å². The number of carbonyl (C=O) groups is 2. The molecule has 0 aromatic rings. The summed E-state index contributed by atoms with van der Waals surface area (Å²) in [4.78, 5) is 22.9. The van der Waals surface area contributed by atoms with Gasteiger partial charge in [-0.1, -0.05) is 0 Å². The summed E-state index contributed by atoms with van der Waals surface area (Å²) in [5, 5.41) is 14.5. The van der Waals surface area contributed by atoms with E-state index in [-0.39, 0.29) is 24.0 Å². The average molecular weight is 292 g/mol. The van der Waals surface area contributed by atoms with E-state index in [1.165, 1.54) is 0 Å². The Morgan fingerprint density at radius 3 is 2.63 bits per heavy atom. The van der Waals surface area contributed by atoms with E-state index < -0.39 is 21.8 Å². The van der Waals surface area contributed by atoms with Crippen LogP contribution in [0.1, 0.15) is 19.3 Å². The highest BCUT2D eigenvalue weighted by Crippen LogP contribution is 2.10. The summed E-state index contributed by atoms with van der Waals surface area (Å²) in [5.41, 5.74) is 0. The lowest BCUT2D eigenvalue weighted by molar-refractivity contribution is -0.142. The van der Waals surface area contributed by atoms with Gasteiger partial charge in [0, 0.05) is 12.8 Å². The van der Waals surface area contributed by atoms with Crippen molar-refractivity contribution in [2.45, 2.75) is 25.3 Å². The Balaban J connectivity index is 2.52. The van der Waals surface area contributed by atoms with Crippen LogP contribution >= 0.6 is 0 Å². The molecule has 1 saturated heterocycles. The van der Waals surface area contributed by atoms with E-state index in [1.54, 1.807) is 0 Å². The van der Waals surface area contributed by atoms with Gasteiger partial charge in [0.25, 0.3) is 0 Å². The van der Waals surface area contributed by atoms with Gasteiger partial charge in [-0.3, -0.25) is 4.79 Å². The predicted octanol–water partition coefficient (Wildman–Crippen LogP) is -1.01. The van der Waals surface area contributed by atoms with Crippen LogP contribution < -0.4 is 10.6 Å². The van der Waals surface area contributed by atoms with Gasteiger partial charge in [0.2, 0.25) is 5.91 Å². The highest BCUT2D eigenvalue weighted by atomic mass is 32.2. The number of carbonyl (C=O) groups excluding carboxylic acids is 1. The van der Waals surface area contributed by atoms with E-state index in [1.807, 2.05) is 0 Å². The van der Waals surface area contributed by atoms with Crippen LogP contribution in [0.3, 0.4) is 0 Å². The molecule has 110 valence electrons. The minimum absolute atomic E-state index is 0.111. The van der Waals surface area contributed by atoms with Crippen molar-refractivity contribution < 1.29 is 23.1 Å². The lowest BCUT2D eigenvalue weighted by Crippen LogP contribution is -2.47. The highest BCUT2D eigenvalue weighted by Gasteiger charge is 2.26. The first kappa shape index (κ1) is 15.9. The van der Waals surface area contributed by atoms with Crippen molar-refractivity contribution in [3.05, 3.63) is 0 Å². The third-order valence-electron chi connectivity index (χ3n) is 3.06. The Hall–Kier alpha value is -1.15. The maximum absolute atomic E-state index is 11.9. The van der Waals surface area contributed by atoms with Gasteiger partial charge in [-0.15, -0.1) is 0 Å². The Bertz CT molecular complexity index is 428. The first-order chi connectivity index (χ1) is 8.79. The molecule has 1 aliphatic rings. The predicted molar refractivity (Wildman–Crippen MR) is 69.5 cm³/mol. The molecule has 1 amide bonds. The molecule has 7 nitrogen and oxygen atoms in total. The fourth-order valence-corrected chi connectivity index (χ4v) is 2.62. The Labute approximate surface area is 112 Å². The molecule has 1 aliphatic heterocycles. The molecule has 8 heteroatoms. The van der Waals surface area contributed by atoms with Crippen LogP contribution in [-0.4, -0.2) is 56.5 Å². The first-order valence-corrected chi connectivity index (χ1v) is 8.27. The standard InChI is InChI=1S/C11H20N2O5S/c1-19(17,18)6-4-9(11(15)16)13-10(14)8-3-2-5-12-7-8/h8-9,12H,2-7H2,1H3,(H,13,14)(H,15,16)/t8-,9?/m1/s1. The van der Waals surface area contributed by atoms with Gasteiger partial charge < -0.3 is 15.7 Å². The van der Waals surface area contributed by atoms with Gasteiger partial charge in [-0.05, 0) is 25.8 Å². The van der Waals surface area contributed by atoms with Gasteiger partial charge in [-0.25, -0.2) is 13.2 Å². The zero-order chi connectivity index (χ0) is 14.5. The zero-order valence-electron chi connectivity index (χ0n) is 10.9. The Morgan fingerprint density at radius 2 is 2.16 bits per heavy atom. The number of sulfone groups is 1. The van der Waals surface area contributed by atoms with Crippen molar-refractivity contribution in [1.29, 1.82) is 0 Å². The van der Waals surface area contributed by atoms with E-state index in [2.05, 4.69) is 10.6 Å². The summed E-state index contributed by atoms with van der Waals surface area (Å²) in [7, 11) is -3.24. The number of hydrogen-bond acceptors (Lipinski definition) is 5. The minimum Gasteiger partial charge on any atom is -0.480 e. The molecule has 0 bridgehead atoms. The second kappa shape index (κ2) is 6.85. The second-order valence-corrected chi connectivity index (χ2v) is 7.12. The van der Waals surface area contributed by atoms with E-state index in [4.69, 9.17) is 5.11 Å². The molecule has 19 heavy (non-hydrogen) atoms. The molecular weight excluding hydrogens is 272 g/mol. The molecule has 1 heterocycles. The average Bonchev–Trinajstić information content (AvgIpc) is 2.33. The Morgan fingerprint density at radius 1 is 1.47 bits per heavy atom. The van der Waals surface area contributed by atoms with Crippen molar-refractivity contribution in [2.75, 3.05) is 25.1 Å². The number of hydrogen-bond donors (Lipinski definition) is 3. The molecule has 0 aromatic carbocycles. The SMILES string of the molecule is CS(=O)(=O)CCC(NC(=O)[C@@H]1CCCNC1)C(=O)O. The number of carboxylic acids is 1. The van der Waals surface area contributed by atoms with Crippen molar-refractivity contribution in [1.82, 2.24) is 10.6 Å². The van der Waals surface area contributed by atoms with E-state index in [0.29, 0.717) is 6.54 Å². The molecule has 1 rings (SSSR count). The first-order valence-electron chi connectivity index (χ1n) is 6.21. The van der Waals surface area contributed by atoms with Gasteiger partial charge >= 0.3 is 5.97 Å². The minimum atomic E-state index is -3.24.